The van der Waals surface area contributed by atoms with E-state index >= 15 is 0 Å². The van der Waals surface area contributed by atoms with E-state index in [1.54, 1.807) is 18.7 Å². The van der Waals surface area contributed by atoms with E-state index in [4.69, 9.17) is 4.42 Å². The van der Waals surface area contributed by atoms with Crippen LogP contribution >= 0.6 is 0 Å². The molecule has 1 aromatic carbocycles. The van der Waals surface area contributed by atoms with E-state index in [0.29, 0.717) is 16.9 Å². The molecule has 1 amide bonds. The summed E-state index contributed by atoms with van der Waals surface area (Å²) >= 11 is 0. The number of hydrogen-bond acceptors (Lipinski definition) is 3. The summed E-state index contributed by atoms with van der Waals surface area (Å²) in [6.07, 6.45) is 0.844. The molecule has 4 heteroatoms. The molecule has 108 valence electrons. The second-order valence-electron chi connectivity index (χ2n) is 5.54. The normalized spacial score (nSPS) is 16.9. The molecule has 2 aromatic rings. The minimum atomic E-state index is -0.420. The highest BCUT2D eigenvalue weighted by molar-refractivity contribution is 6.09. The Kier molecular flexibility index (Phi) is 3.16. The van der Waals surface area contributed by atoms with Crippen LogP contribution in [0.25, 0.3) is 0 Å². The number of aryl methyl sites for hydroxylation is 2. The van der Waals surface area contributed by atoms with Gasteiger partial charge in [-0.05, 0) is 44.4 Å². The SMILES string of the molecule is Cc1cc(=O)oc(C)c1C(=O)N1c2ccccc2CC1C. The number of nitrogens with zero attached hydrogens (tertiary/aromatic N) is 1. The molecule has 0 bridgehead atoms. The Morgan fingerprint density at radius 2 is 2.00 bits per heavy atom. The zero-order chi connectivity index (χ0) is 15.1. The van der Waals surface area contributed by atoms with Gasteiger partial charge in [-0.1, -0.05) is 18.2 Å². The molecule has 1 aliphatic rings. The van der Waals surface area contributed by atoms with Gasteiger partial charge in [-0.15, -0.1) is 0 Å². The predicted molar refractivity (Wildman–Crippen MR) is 80.9 cm³/mol. The molecular formula is C17H17NO3. The molecule has 1 atom stereocenters. The van der Waals surface area contributed by atoms with Crippen molar-refractivity contribution in [1.29, 1.82) is 0 Å². The van der Waals surface area contributed by atoms with E-state index in [2.05, 4.69) is 0 Å². The van der Waals surface area contributed by atoms with Gasteiger partial charge in [0.2, 0.25) is 0 Å². The molecule has 2 heterocycles. The van der Waals surface area contributed by atoms with Gasteiger partial charge in [0, 0.05) is 17.8 Å². The average Bonchev–Trinajstić information content (AvgIpc) is 2.73. The maximum Gasteiger partial charge on any atom is 0.336 e. The van der Waals surface area contributed by atoms with Crippen molar-refractivity contribution < 1.29 is 9.21 Å². The Labute approximate surface area is 123 Å². The summed E-state index contributed by atoms with van der Waals surface area (Å²) in [5, 5.41) is 0. The molecule has 1 aliphatic heterocycles. The summed E-state index contributed by atoms with van der Waals surface area (Å²) in [6, 6.07) is 9.39. The summed E-state index contributed by atoms with van der Waals surface area (Å²) in [6.45, 7) is 5.46. The van der Waals surface area contributed by atoms with Crippen molar-refractivity contribution in [1.82, 2.24) is 0 Å². The lowest BCUT2D eigenvalue weighted by molar-refractivity contribution is 0.0977. The predicted octanol–water partition coefficient (Wildman–Crippen LogP) is 2.85. The topological polar surface area (TPSA) is 50.5 Å². The van der Waals surface area contributed by atoms with Gasteiger partial charge in [0.25, 0.3) is 5.91 Å². The van der Waals surface area contributed by atoms with E-state index < -0.39 is 5.63 Å². The first-order valence-corrected chi connectivity index (χ1v) is 7.02. The van der Waals surface area contributed by atoms with Crippen molar-refractivity contribution in [3.8, 4) is 0 Å². The quantitative estimate of drug-likeness (QED) is 0.808. The number of carbonyl (C=O) groups excluding carboxylic acids is 1. The van der Waals surface area contributed by atoms with E-state index in [9.17, 15) is 9.59 Å². The van der Waals surface area contributed by atoms with E-state index in [1.165, 1.54) is 11.6 Å². The third-order valence-corrected chi connectivity index (χ3v) is 3.97. The Morgan fingerprint density at radius 1 is 1.29 bits per heavy atom. The van der Waals surface area contributed by atoms with Crippen molar-refractivity contribution in [2.24, 2.45) is 0 Å². The van der Waals surface area contributed by atoms with Gasteiger partial charge in [0.15, 0.2) is 0 Å². The number of rotatable bonds is 1. The van der Waals surface area contributed by atoms with E-state index in [-0.39, 0.29) is 11.9 Å². The van der Waals surface area contributed by atoms with Crippen LogP contribution in [-0.2, 0) is 6.42 Å². The average molecular weight is 283 g/mol. The Morgan fingerprint density at radius 3 is 2.71 bits per heavy atom. The van der Waals surface area contributed by atoms with Crippen LogP contribution in [0.5, 0.6) is 0 Å². The smallest absolute Gasteiger partial charge is 0.336 e. The number of para-hydroxylation sites is 1. The molecule has 0 aliphatic carbocycles. The summed E-state index contributed by atoms with van der Waals surface area (Å²) in [4.78, 5) is 26.1. The first kappa shape index (κ1) is 13.6. The second-order valence-corrected chi connectivity index (χ2v) is 5.54. The molecule has 1 aromatic heterocycles. The monoisotopic (exact) mass is 283 g/mol. The zero-order valence-corrected chi connectivity index (χ0v) is 12.3. The van der Waals surface area contributed by atoms with Crippen molar-refractivity contribution in [3.05, 3.63) is 63.2 Å². The summed E-state index contributed by atoms with van der Waals surface area (Å²) in [5.41, 5.74) is 2.84. The molecule has 0 saturated heterocycles. The minimum absolute atomic E-state index is 0.0978. The van der Waals surface area contributed by atoms with Crippen molar-refractivity contribution >= 4 is 11.6 Å². The number of fused-ring (bicyclic) bond motifs is 1. The van der Waals surface area contributed by atoms with Gasteiger partial charge in [-0.3, -0.25) is 4.79 Å². The lowest BCUT2D eigenvalue weighted by Crippen LogP contribution is -2.36. The van der Waals surface area contributed by atoms with Crippen LogP contribution in [0.1, 0.15) is 34.2 Å². The van der Waals surface area contributed by atoms with E-state index in [0.717, 1.165) is 12.1 Å². The molecule has 1 unspecified atom stereocenters. The van der Waals surface area contributed by atoms with E-state index in [1.807, 2.05) is 31.2 Å². The maximum atomic E-state index is 12.9. The number of hydrogen-bond donors (Lipinski definition) is 0. The van der Waals surface area contributed by atoms with Crippen LogP contribution in [0.2, 0.25) is 0 Å². The lowest BCUT2D eigenvalue weighted by atomic mass is 10.1. The maximum absolute atomic E-state index is 12.9. The Bertz CT molecular complexity index is 750. The van der Waals surface area contributed by atoms with Gasteiger partial charge in [-0.2, -0.15) is 0 Å². The number of anilines is 1. The van der Waals surface area contributed by atoms with Crippen LogP contribution in [0.4, 0.5) is 5.69 Å². The number of benzene rings is 1. The van der Waals surface area contributed by atoms with Crippen LogP contribution in [0.3, 0.4) is 0 Å². The molecule has 21 heavy (non-hydrogen) atoms. The largest absolute Gasteiger partial charge is 0.427 e. The van der Waals surface area contributed by atoms with Crippen molar-refractivity contribution in [2.75, 3.05) is 4.90 Å². The highest BCUT2D eigenvalue weighted by atomic mass is 16.4. The highest BCUT2D eigenvalue weighted by Crippen LogP contribution is 2.33. The molecular weight excluding hydrogens is 266 g/mol. The molecule has 0 N–H and O–H groups in total. The zero-order valence-electron chi connectivity index (χ0n) is 12.3. The molecule has 4 nitrogen and oxygen atoms in total. The molecule has 3 rings (SSSR count). The van der Waals surface area contributed by atoms with Gasteiger partial charge in [0.1, 0.15) is 5.76 Å². The van der Waals surface area contributed by atoms with Crippen molar-refractivity contribution in [2.45, 2.75) is 33.2 Å². The molecule has 0 radical (unpaired) electrons. The fraction of sp³-hybridized carbons (Fsp3) is 0.294. The number of carbonyl (C=O) groups is 1. The second kappa shape index (κ2) is 4.88. The van der Waals surface area contributed by atoms with Crippen LogP contribution in [0.15, 0.2) is 39.5 Å². The molecule has 0 saturated carbocycles. The third-order valence-electron chi connectivity index (χ3n) is 3.97. The summed E-state index contributed by atoms with van der Waals surface area (Å²) in [7, 11) is 0. The molecule has 0 fully saturated rings. The lowest BCUT2D eigenvalue weighted by Gasteiger charge is -2.24. The van der Waals surface area contributed by atoms with Gasteiger partial charge < -0.3 is 9.32 Å². The minimum Gasteiger partial charge on any atom is -0.427 e. The van der Waals surface area contributed by atoms with Gasteiger partial charge in [-0.25, -0.2) is 4.79 Å². The molecule has 0 spiro atoms. The van der Waals surface area contributed by atoms with Crippen LogP contribution < -0.4 is 10.5 Å². The summed E-state index contributed by atoms with van der Waals surface area (Å²) in [5.74, 6) is 0.271. The van der Waals surface area contributed by atoms with Gasteiger partial charge >= 0.3 is 5.63 Å². The fourth-order valence-corrected chi connectivity index (χ4v) is 3.07. The fourth-order valence-electron chi connectivity index (χ4n) is 3.07. The first-order valence-electron chi connectivity index (χ1n) is 7.02. The third kappa shape index (κ3) is 2.17. The standard InChI is InChI=1S/C17H17NO3/c1-10-8-15(19)21-12(3)16(10)17(20)18-11(2)9-13-6-4-5-7-14(13)18/h4-8,11H,9H2,1-3H3. The van der Waals surface area contributed by atoms with Crippen molar-refractivity contribution in [3.63, 3.8) is 0 Å². The Hall–Kier alpha value is -2.36. The highest BCUT2D eigenvalue weighted by Gasteiger charge is 2.33. The first-order chi connectivity index (χ1) is 9.99. The van der Waals surface area contributed by atoms with Gasteiger partial charge in [0.05, 0.1) is 5.56 Å². The van der Waals surface area contributed by atoms with Crippen LogP contribution in [0, 0.1) is 13.8 Å². The van der Waals surface area contributed by atoms with Crippen LogP contribution in [-0.4, -0.2) is 11.9 Å². The summed E-state index contributed by atoms with van der Waals surface area (Å²) < 4.78 is 5.09. The Balaban J connectivity index is 2.10. The number of amides is 1.